The Hall–Kier alpha value is -0.850. The molecule has 2 nitrogen and oxygen atoms in total. The fourth-order valence-electron chi connectivity index (χ4n) is 1.30. The van der Waals surface area contributed by atoms with Crippen molar-refractivity contribution in [3.05, 3.63) is 21.9 Å². The Morgan fingerprint density at radius 1 is 1.47 bits per heavy atom. The van der Waals surface area contributed by atoms with Crippen molar-refractivity contribution < 1.29 is 0 Å². The lowest BCUT2D eigenvalue weighted by Gasteiger charge is -2.11. The van der Waals surface area contributed by atoms with Crippen molar-refractivity contribution >= 4 is 11.3 Å². The van der Waals surface area contributed by atoms with E-state index in [-0.39, 0.29) is 6.04 Å². The van der Waals surface area contributed by atoms with E-state index in [0.717, 1.165) is 17.8 Å². The summed E-state index contributed by atoms with van der Waals surface area (Å²) in [4.78, 5) is 2.48. The van der Waals surface area contributed by atoms with Crippen LogP contribution in [0.2, 0.25) is 0 Å². The predicted molar refractivity (Wildman–Crippen MR) is 64.9 cm³/mol. The molecule has 1 N–H and O–H groups in total. The monoisotopic (exact) mass is 222 g/mol. The third-order valence-corrected chi connectivity index (χ3v) is 3.47. The molecule has 0 fully saturated rings. The zero-order valence-corrected chi connectivity index (χ0v) is 10.4. The van der Waals surface area contributed by atoms with Crippen molar-refractivity contribution in [3.63, 3.8) is 0 Å². The number of hydrogen-bond donors (Lipinski definition) is 1. The summed E-state index contributed by atoms with van der Waals surface area (Å²) in [6.07, 6.45) is 1.05. The number of nitriles is 1. The van der Waals surface area contributed by atoms with Crippen molar-refractivity contribution in [2.75, 3.05) is 6.54 Å². The molecule has 1 heterocycles. The van der Waals surface area contributed by atoms with Crippen molar-refractivity contribution in [2.24, 2.45) is 5.92 Å². The van der Waals surface area contributed by atoms with Gasteiger partial charge in [-0.3, -0.25) is 5.32 Å². The summed E-state index contributed by atoms with van der Waals surface area (Å²) >= 11 is 1.73. The molecular formula is C12H18N2S. The first-order valence-corrected chi connectivity index (χ1v) is 6.20. The molecule has 0 radical (unpaired) electrons. The molecule has 1 atom stereocenters. The third kappa shape index (κ3) is 3.65. The first-order valence-electron chi connectivity index (χ1n) is 5.39. The SMILES string of the molecule is CCc1ccc(C(C#N)NCC(C)C)s1. The van der Waals surface area contributed by atoms with Gasteiger partial charge in [-0.05, 0) is 31.0 Å². The minimum absolute atomic E-state index is 0.141. The van der Waals surface area contributed by atoms with E-state index < -0.39 is 0 Å². The van der Waals surface area contributed by atoms with Gasteiger partial charge in [-0.1, -0.05) is 20.8 Å². The second kappa shape index (κ2) is 5.89. The maximum Gasteiger partial charge on any atom is 0.130 e. The molecule has 0 aromatic carbocycles. The Kier molecular flexibility index (Phi) is 4.80. The predicted octanol–water partition coefficient (Wildman–Crippen LogP) is 3.12. The summed E-state index contributed by atoms with van der Waals surface area (Å²) in [7, 11) is 0. The van der Waals surface area contributed by atoms with Crippen molar-refractivity contribution in [2.45, 2.75) is 33.2 Å². The Morgan fingerprint density at radius 3 is 2.67 bits per heavy atom. The normalized spacial score (nSPS) is 12.7. The average Bonchev–Trinajstić information content (AvgIpc) is 2.67. The van der Waals surface area contributed by atoms with Crippen LogP contribution in [0.25, 0.3) is 0 Å². The van der Waals surface area contributed by atoms with Crippen LogP contribution in [0.1, 0.15) is 36.6 Å². The van der Waals surface area contributed by atoms with Crippen LogP contribution < -0.4 is 5.32 Å². The molecule has 0 aliphatic carbocycles. The van der Waals surface area contributed by atoms with Gasteiger partial charge in [-0.15, -0.1) is 11.3 Å². The number of nitrogens with zero attached hydrogens (tertiary/aromatic N) is 1. The fourth-order valence-corrected chi connectivity index (χ4v) is 2.28. The van der Waals surface area contributed by atoms with Crippen molar-refractivity contribution in [3.8, 4) is 6.07 Å². The molecule has 0 saturated heterocycles. The zero-order valence-electron chi connectivity index (χ0n) is 9.58. The molecule has 3 heteroatoms. The highest BCUT2D eigenvalue weighted by Gasteiger charge is 2.12. The van der Waals surface area contributed by atoms with E-state index in [1.165, 1.54) is 4.88 Å². The van der Waals surface area contributed by atoms with Crippen LogP contribution in [0, 0.1) is 17.2 Å². The lowest BCUT2D eigenvalue weighted by molar-refractivity contribution is 0.528. The standard InChI is InChI=1S/C12H18N2S/c1-4-10-5-6-12(15-10)11(7-13)14-8-9(2)3/h5-6,9,11,14H,4,8H2,1-3H3. The van der Waals surface area contributed by atoms with Crippen molar-refractivity contribution in [1.29, 1.82) is 5.26 Å². The first kappa shape index (κ1) is 12.2. The minimum Gasteiger partial charge on any atom is -0.297 e. The number of thiophene rings is 1. The average molecular weight is 222 g/mol. The molecule has 0 spiro atoms. The summed E-state index contributed by atoms with van der Waals surface area (Å²) in [5.41, 5.74) is 0. The Bertz CT molecular complexity index is 336. The molecule has 1 aromatic rings. The van der Waals surface area contributed by atoms with Gasteiger partial charge in [0.25, 0.3) is 0 Å². The smallest absolute Gasteiger partial charge is 0.130 e. The Morgan fingerprint density at radius 2 is 2.20 bits per heavy atom. The minimum atomic E-state index is -0.141. The van der Waals surface area contributed by atoms with Gasteiger partial charge in [0.15, 0.2) is 0 Å². The highest BCUT2D eigenvalue weighted by atomic mass is 32.1. The Balaban J connectivity index is 2.62. The molecule has 0 bridgehead atoms. The first-order chi connectivity index (χ1) is 7.17. The van der Waals surface area contributed by atoms with Crippen LogP contribution in [-0.2, 0) is 6.42 Å². The van der Waals surface area contributed by atoms with E-state index in [4.69, 9.17) is 5.26 Å². The maximum absolute atomic E-state index is 9.07. The molecule has 1 unspecified atom stereocenters. The van der Waals surface area contributed by atoms with Gasteiger partial charge >= 0.3 is 0 Å². The van der Waals surface area contributed by atoms with Crippen LogP contribution in [0.15, 0.2) is 12.1 Å². The summed E-state index contributed by atoms with van der Waals surface area (Å²) in [5.74, 6) is 0.575. The molecule has 0 aliphatic rings. The third-order valence-electron chi connectivity index (χ3n) is 2.17. The second-order valence-electron chi connectivity index (χ2n) is 4.02. The summed E-state index contributed by atoms with van der Waals surface area (Å²) in [6, 6.07) is 6.34. The Labute approximate surface area is 95.9 Å². The van der Waals surface area contributed by atoms with Gasteiger partial charge in [0.2, 0.25) is 0 Å². The van der Waals surface area contributed by atoms with Gasteiger partial charge in [0.05, 0.1) is 6.07 Å². The number of nitrogens with one attached hydrogen (secondary N) is 1. The van der Waals surface area contributed by atoms with E-state index in [9.17, 15) is 0 Å². The summed E-state index contributed by atoms with van der Waals surface area (Å²) in [6.45, 7) is 7.32. The van der Waals surface area contributed by atoms with Crippen LogP contribution >= 0.6 is 11.3 Å². The molecule has 0 aliphatic heterocycles. The number of rotatable bonds is 5. The van der Waals surface area contributed by atoms with E-state index in [0.29, 0.717) is 5.92 Å². The largest absolute Gasteiger partial charge is 0.297 e. The summed E-state index contributed by atoms with van der Waals surface area (Å²) < 4.78 is 0. The van der Waals surface area contributed by atoms with E-state index in [1.807, 2.05) is 0 Å². The zero-order chi connectivity index (χ0) is 11.3. The highest BCUT2D eigenvalue weighted by Crippen LogP contribution is 2.23. The number of hydrogen-bond acceptors (Lipinski definition) is 3. The molecule has 0 amide bonds. The lowest BCUT2D eigenvalue weighted by Crippen LogP contribution is -2.23. The lowest BCUT2D eigenvalue weighted by atomic mass is 10.2. The number of aryl methyl sites for hydroxylation is 1. The van der Waals surface area contributed by atoms with E-state index in [2.05, 4.69) is 44.3 Å². The van der Waals surface area contributed by atoms with Gasteiger partial charge < -0.3 is 0 Å². The van der Waals surface area contributed by atoms with Crippen LogP contribution in [0.4, 0.5) is 0 Å². The second-order valence-corrected chi connectivity index (χ2v) is 5.22. The topological polar surface area (TPSA) is 35.8 Å². The molecule has 1 aromatic heterocycles. The molecular weight excluding hydrogens is 204 g/mol. The van der Waals surface area contributed by atoms with Gasteiger partial charge in [-0.25, -0.2) is 0 Å². The summed E-state index contributed by atoms with van der Waals surface area (Å²) in [5, 5.41) is 12.3. The molecule has 0 saturated carbocycles. The molecule has 82 valence electrons. The van der Waals surface area contributed by atoms with Crippen LogP contribution in [0.5, 0.6) is 0 Å². The molecule has 15 heavy (non-hydrogen) atoms. The highest BCUT2D eigenvalue weighted by molar-refractivity contribution is 7.12. The van der Waals surface area contributed by atoms with Gasteiger partial charge in [0.1, 0.15) is 6.04 Å². The molecule has 1 rings (SSSR count). The van der Waals surface area contributed by atoms with E-state index in [1.54, 1.807) is 11.3 Å². The van der Waals surface area contributed by atoms with Crippen molar-refractivity contribution in [1.82, 2.24) is 5.32 Å². The maximum atomic E-state index is 9.07. The van der Waals surface area contributed by atoms with E-state index >= 15 is 0 Å². The van der Waals surface area contributed by atoms with Crippen LogP contribution in [0.3, 0.4) is 0 Å². The van der Waals surface area contributed by atoms with Gasteiger partial charge in [-0.2, -0.15) is 5.26 Å². The van der Waals surface area contributed by atoms with Gasteiger partial charge in [0, 0.05) is 9.75 Å². The fraction of sp³-hybridized carbons (Fsp3) is 0.583. The van der Waals surface area contributed by atoms with Crippen LogP contribution in [-0.4, -0.2) is 6.54 Å². The quantitative estimate of drug-likeness (QED) is 0.831.